The minimum Gasteiger partial charge on any atom is -0.490 e. The van der Waals surface area contributed by atoms with Gasteiger partial charge in [-0.15, -0.1) is 0 Å². The first-order valence-corrected chi connectivity index (χ1v) is 10.3. The van der Waals surface area contributed by atoms with Gasteiger partial charge in [0.2, 0.25) is 0 Å². The molecule has 0 aliphatic carbocycles. The first kappa shape index (κ1) is 20.5. The molecule has 0 bridgehead atoms. The summed E-state index contributed by atoms with van der Waals surface area (Å²) >= 11 is 0. The van der Waals surface area contributed by atoms with Gasteiger partial charge in [-0.1, -0.05) is 30.3 Å². The summed E-state index contributed by atoms with van der Waals surface area (Å²) in [7, 11) is 0. The fourth-order valence-electron chi connectivity index (χ4n) is 3.21. The average Bonchev–Trinajstić information content (AvgIpc) is 2.80. The molecular formula is C25H25N3O3. The third-order valence-electron chi connectivity index (χ3n) is 4.67. The van der Waals surface area contributed by atoms with Crippen molar-refractivity contribution in [1.29, 1.82) is 0 Å². The van der Waals surface area contributed by atoms with Crippen molar-refractivity contribution in [2.45, 2.75) is 20.5 Å². The summed E-state index contributed by atoms with van der Waals surface area (Å²) in [5.41, 5.74) is 2.82. The van der Waals surface area contributed by atoms with Crippen molar-refractivity contribution >= 4 is 22.4 Å². The second-order valence-electron chi connectivity index (χ2n) is 6.83. The predicted molar refractivity (Wildman–Crippen MR) is 122 cm³/mol. The lowest BCUT2D eigenvalue weighted by Crippen LogP contribution is -2.01. The molecule has 0 saturated carbocycles. The summed E-state index contributed by atoms with van der Waals surface area (Å²) in [5.74, 6) is 2.87. The Morgan fingerprint density at radius 1 is 0.774 bits per heavy atom. The molecular weight excluding hydrogens is 390 g/mol. The molecule has 0 radical (unpaired) electrons. The summed E-state index contributed by atoms with van der Waals surface area (Å²) in [5, 5.41) is 4.23. The van der Waals surface area contributed by atoms with E-state index in [1.54, 1.807) is 0 Å². The fourth-order valence-corrected chi connectivity index (χ4v) is 3.21. The summed E-state index contributed by atoms with van der Waals surface area (Å²) < 4.78 is 17.3. The van der Waals surface area contributed by atoms with Gasteiger partial charge >= 0.3 is 0 Å². The van der Waals surface area contributed by atoms with Crippen LogP contribution < -0.4 is 19.5 Å². The van der Waals surface area contributed by atoms with Crippen LogP contribution in [0.4, 0.5) is 11.5 Å². The lowest BCUT2D eigenvalue weighted by atomic mass is 10.2. The highest BCUT2D eigenvalue weighted by atomic mass is 16.5. The number of nitrogens with zero attached hydrogens (tertiary/aromatic N) is 2. The molecule has 31 heavy (non-hydrogen) atoms. The molecule has 0 fully saturated rings. The van der Waals surface area contributed by atoms with E-state index in [1.807, 2.05) is 80.6 Å². The van der Waals surface area contributed by atoms with Crippen LogP contribution in [-0.4, -0.2) is 23.2 Å². The average molecular weight is 415 g/mol. The number of aromatic nitrogens is 2. The molecule has 0 aliphatic rings. The number of nitrogens with one attached hydrogen (secondary N) is 1. The molecule has 4 aromatic rings. The molecule has 4 rings (SSSR count). The Bertz CT molecular complexity index is 1130. The van der Waals surface area contributed by atoms with E-state index in [4.69, 9.17) is 14.2 Å². The Morgan fingerprint density at radius 3 is 2.19 bits per heavy atom. The quantitative estimate of drug-likeness (QED) is 0.375. The van der Waals surface area contributed by atoms with E-state index in [-0.39, 0.29) is 0 Å². The van der Waals surface area contributed by atoms with Crippen molar-refractivity contribution in [3.63, 3.8) is 0 Å². The first-order valence-electron chi connectivity index (χ1n) is 10.3. The van der Waals surface area contributed by atoms with Gasteiger partial charge in [-0.3, -0.25) is 0 Å². The zero-order chi connectivity index (χ0) is 21.5. The zero-order valence-corrected chi connectivity index (χ0v) is 17.7. The lowest BCUT2D eigenvalue weighted by molar-refractivity contribution is 0.288. The van der Waals surface area contributed by atoms with Crippen LogP contribution >= 0.6 is 0 Å². The van der Waals surface area contributed by atoms with Gasteiger partial charge in [0.15, 0.2) is 11.5 Å². The standard InChI is InChI=1S/C25H25N3O3/c1-3-29-23-14-21-22(15-24(23)30-4-2)26-17-27-25(21)28-19-10-12-20(13-11-19)31-16-18-8-6-5-7-9-18/h5-15,17H,3-4,16H2,1-2H3,(H,26,27,28). The van der Waals surface area contributed by atoms with E-state index in [0.717, 1.165) is 27.9 Å². The number of anilines is 2. The van der Waals surface area contributed by atoms with Gasteiger partial charge in [0, 0.05) is 17.1 Å². The zero-order valence-electron chi connectivity index (χ0n) is 17.7. The largest absolute Gasteiger partial charge is 0.490 e. The number of fused-ring (bicyclic) bond motifs is 1. The number of hydrogen-bond acceptors (Lipinski definition) is 6. The highest BCUT2D eigenvalue weighted by Gasteiger charge is 2.12. The Hall–Kier alpha value is -3.80. The Labute approximate surface area is 181 Å². The van der Waals surface area contributed by atoms with Gasteiger partial charge in [-0.25, -0.2) is 9.97 Å². The summed E-state index contributed by atoms with van der Waals surface area (Å²) in [6, 6.07) is 21.7. The molecule has 1 N–H and O–H groups in total. The number of benzene rings is 3. The van der Waals surface area contributed by atoms with Gasteiger partial charge in [-0.05, 0) is 49.7 Å². The molecule has 0 amide bonds. The Balaban J connectivity index is 1.53. The third-order valence-corrected chi connectivity index (χ3v) is 4.67. The SMILES string of the molecule is CCOc1cc2ncnc(Nc3ccc(OCc4ccccc4)cc3)c2cc1OCC. The highest BCUT2D eigenvalue weighted by molar-refractivity contribution is 5.93. The smallest absolute Gasteiger partial charge is 0.163 e. The van der Waals surface area contributed by atoms with Gasteiger partial charge in [0.1, 0.15) is 24.5 Å². The molecule has 6 nitrogen and oxygen atoms in total. The number of rotatable bonds is 9. The van der Waals surface area contributed by atoms with Crippen LogP contribution in [0.3, 0.4) is 0 Å². The van der Waals surface area contributed by atoms with Gasteiger partial charge in [0.05, 0.1) is 18.7 Å². The van der Waals surface area contributed by atoms with Crippen LogP contribution in [0.2, 0.25) is 0 Å². The topological polar surface area (TPSA) is 65.5 Å². The number of ether oxygens (including phenoxy) is 3. The fraction of sp³-hybridized carbons (Fsp3) is 0.200. The van der Waals surface area contributed by atoms with Gasteiger partial charge in [0.25, 0.3) is 0 Å². The second kappa shape index (κ2) is 9.80. The molecule has 0 spiro atoms. The van der Waals surface area contributed by atoms with Crippen LogP contribution in [-0.2, 0) is 6.61 Å². The van der Waals surface area contributed by atoms with Crippen molar-refractivity contribution in [1.82, 2.24) is 9.97 Å². The van der Waals surface area contributed by atoms with E-state index in [2.05, 4.69) is 15.3 Å². The monoisotopic (exact) mass is 415 g/mol. The Morgan fingerprint density at radius 2 is 1.48 bits per heavy atom. The van der Waals surface area contributed by atoms with Crippen molar-refractivity contribution in [2.75, 3.05) is 18.5 Å². The Kier molecular flexibility index (Phi) is 6.47. The summed E-state index contributed by atoms with van der Waals surface area (Å²) in [6.45, 7) is 5.53. The van der Waals surface area contributed by atoms with Crippen molar-refractivity contribution < 1.29 is 14.2 Å². The third kappa shape index (κ3) is 5.04. The highest BCUT2D eigenvalue weighted by Crippen LogP contribution is 2.35. The molecule has 0 unspecified atom stereocenters. The molecule has 6 heteroatoms. The minimum absolute atomic E-state index is 0.534. The van der Waals surface area contributed by atoms with Crippen LogP contribution in [0.25, 0.3) is 10.9 Å². The van der Waals surface area contributed by atoms with Crippen LogP contribution in [0.5, 0.6) is 17.2 Å². The molecule has 3 aromatic carbocycles. The van der Waals surface area contributed by atoms with Gasteiger partial charge in [-0.2, -0.15) is 0 Å². The maximum atomic E-state index is 5.86. The maximum absolute atomic E-state index is 5.86. The van der Waals surface area contributed by atoms with E-state index in [1.165, 1.54) is 6.33 Å². The molecule has 1 heterocycles. The van der Waals surface area contributed by atoms with E-state index in [9.17, 15) is 0 Å². The van der Waals surface area contributed by atoms with E-state index in [0.29, 0.717) is 37.1 Å². The van der Waals surface area contributed by atoms with Crippen LogP contribution in [0, 0.1) is 0 Å². The molecule has 0 atom stereocenters. The van der Waals surface area contributed by atoms with Gasteiger partial charge < -0.3 is 19.5 Å². The number of hydrogen-bond donors (Lipinski definition) is 1. The van der Waals surface area contributed by atoms with Crippen molar-refractivity contribution in [2.24, 2.45) is 0 Å². The molecule has 1 aromatic heterocycles. The van der Waals surface area contributed by atoms with Crippen LogP contribution in [0.15, 0.2) is 73.1 Å². The molecule has 0 aliphatic heterocycles. The second-order valence-corrected chi connectivity index (χ2v) is 6.83. The van der Waals surface area contributed by atoms with Crippen LogP contribution in [0.1, 0.15) is 19.4 Å². The lowest BCUT2D eigenvalue weighted by Gasteiger charge is -2.14. The predicted octanol–water partition coefficient (Wildman–Crippen LogP) is 5.75. The normalized spacial score (nSPS) is 10.6. The van der Waals surface area contributed by atoms with Crippen molar-refractivity contribution in [3.05, 3.63) is 78.6 Å². The summed E-state index contributed by atoms with van der Waals surface area (Å²) in [6.07, 6.45) is 1.54. The molecule has 158 valence electrons. The van der Waals surface area contributed by atoms with E-state index < -0.39 is 0 Å². The minimum atomic E-state index is 0.534. The summed E-state index contributed by atoms with van der Waals surface area (Å²) in [4.78, 5) is 8.82. The van der Waals surface area contributed by atoms with Crippen molar-refractivity contribution in [3.8, 4) is 17.2 Å². The van der Waals surface area contributed by atoms with E-state index >= 15 is 0 Å². The first-order chi connectivity index (χ1) is 15.3. The molecule has 0 saturated heterocycles. The maximum Gasteiger partial charge on any atom is 0.163 e.